The van der Waals surface area contributed by atoms with E-state index in [0.29, 0.717) is 59.6 Å². The van der Waals surface area contributed by atoms with Crippen molar-refractivity contribution in [2.24, 2.45) is 0 Å². The molecule has 11 heteroatoms. The molecule has 0 unspecified atom stereocenters. The molecule has 1 aliphatic rings. The predicted molar refractivity (Wildman–Crippen MR) is 147 cm³/mol. The number of nitrogens with two attached hydrogens (primary N) is 1. The Morgan fingerprint density at radius 1 is 1.24 bits per heavy atom. The van der Waals surface area contributed by atoms with Gasteiger partial charge in [-0.05, 0) is 50.8 Å². The Labute approximate surface area is 225 Å². The number of hydrogen-bond acceptors (Lipinski definition) is 8. The van der Waals surface area contributed by atoms with Gasteiger partial charge < -0.3 is 20.3 Å². The van der Waals surface area contributed by atoms with Gasteiger partial charge in [-0.1, -0.05) is 23.7 Å². The monoisotopic (exact) mass is 532 g/mol. The molecule has 38 heavy (non-hydrogen) atoms. The molecule has 0 spiro atoms. The number of hydrogen-bond donors (Lipinski definition) is 1. The molecule has 1 atom stereocenters. The molecule has 3 aromatic heterocycles. The summed E-state index contributed by atoms with van der Waals surface area (Å²) >= 11 is 6.59. The van der Waals surface area contributed by atoms with Crippen molar-refractivity contribution in [1.29, 1.82) is 0 Å². The number of benzene rings is 1. The SMILES string of the molecule is CN(C)C/C=C/C(=O)N1CC[C@H](n2nc(-c3ccc(OCc4ccccn4)c(Cl)c3)c3c(N)ncnc32)C1. The first kappa shape index (κ1) is 25.6. The molecule has 1 amide bonds. The number of halogens is 1. The van der Waals surface area contributed by atoms with Crippen molar-refractivity contribution in [2.75, 3.05) is 39.5 Å². The second-order valence-corrected chi connectivity index (χ2v) is 9.80. The Balaban J connectivity index is 1.40. The van der Waals surface area contributed by atoms with Crippen LogP contribution in [0.15, 0.2) is 61.1 Å². The maximum absolute atomic E-state index is 12.7. The van der Waals surface area contributed by atoms with Crippen LogP contribution in [0.2, 0.25) is 5.02 Å². The standard InChI is InChI=1S/C27H29ClN8O2/c1-34(2)12-5-7-23(37)35-13-10-20(15-35)36-27-24(26(29)31-17-32-27)25(33-36)18-8-9-22(21(28)14-18)38-16-19-6-3-4-11-30-19/h3-9,11,14,17,20H,10,12-13,15-16H2,1-2H3,(H2,29,31,32)/b7-5+/t20-/m0/s1. The molecule has 4 heterocycles. The molecular formula is C27H29ClN8O2. The molecule has 5 rings (SSSR count). The fourth-order valence-electron chi connectivity index (χ4n) is 4.46. The molecule has 0 radical (unpaired) electrons. The number of anilines is 1. The lowest BCUT2D eigenvalue weighted by molar-refractivity contribution is -0.125. The van der Waals surface area contributed by atoms with Crippen molar-refractivity contribution < 1.29 is 9.53 Å². The van der Waals surface area contributed by atoms with Crippen LogP contribution < -0.4 is 10.5 Å². The number of nitrogens with zero attached hydrogens (tertiary/aromatic N) is 7. The lowest BCUT2D eigenvalue weighted by atomic mass is 10.1. The largest absolute Gasteiger partial charge is 0.486 e. The minimum Gasteiger partial charge on any atom is -0.486 e. The Morgan fingerprint density at radius 2 is 2.11 bits per heavy atom. The van der Waals surface area contributed by atoms with E-state index in [9.17, 15) is 4.79 Å². The van der Waals surface area contributed by atoms with Crippen LogP contribution in [-0.2, 0) is 11.4 Å². The van der Waals surface area contributed by atoms with Gasteiger partial charge in [0.05, 0.1) is 22.1 Å². The van der Waals surface area contributed by atoms with Gasteiger partial charge in [0.1, 0.15) is 30.2 Å². The summed E-state index contributed by atoms with van der Waals surface area (Å²) in [5, 5.41) is 6.01. The predicted octanol–water partition coefficient (Wildman–Crippen LogP) is 3.59. The maximum atomic E-state index is 12.7. The highest BCUT2D eigenvalue weighted by molar-refractivity contribution is 6.32. The summed E-state index contributed by atoms with van der Waals surface area (Å²) in [5.41, 5.74) is 9.12. The fourth-order valence-corrected chi connectivity index (χ4v) is 4.70. The molecule has 1 saturated heterocycles. The van der Waals surface area contributed by atoms with E-state index in [1.54, 1.807) is 18.3 Å². The summed E-state index contributed by atoms with van der Waals surface area (Å²) in [6.07, 6.45) is 7.42. The molecular weight excluding hydrogens is 504 g/mol. The molecule has 0 saturated carbocycles. The van der Waals surface area contributed by atoms with Gasteiger partial charge in [0.15, 0.2) is 5.65 Å². The van der Waals surface area contributed by atoms with Gasteiger partial charge in [-0.25, -0.2) is 14.6 Å². The van der Waals surface area contributed by atoms with Gasteiger partial charge >= 0.3 is 0 Å². The molecule has 0 aliphatic carbocycles. The first-order valence-corrected chi connectivity index (χ1v) is 12.7. The van der Waals surface area contributed by atoms with E-state index in [1.165, 1.54) is 6.33 Å². The van der Waals surface area contributed by atoms with E-state index >= 15 is 0 Å². The molecule has 1 fully saturated rings. The number of likely N-dealkylation sites (tertiary alicyclic amines) is 1. The number of likely N-dealkylation sites (N-methyl/N-ethyl adjacent to an activating group) is 1. The second kappa shape index (κ2) is 11.2. The van der Waals surface area contributed by atoms with Gasteiger partial charge in [-0.3, -0.25) is 9.78 Å². The minimum absolute atomic E-state index is 0.00625. The van der Waals surface area contributed by atoms with Crippen LogP contribution in [0.3, 0.4) is 0 Å². The van der Waals surface area contributed by atoms with E-state index in [-0.39, 0.29) is 11.9 Å². The zero-order valence-corrected chi connectivity index (χ0v) is 22.0. The highest BCUT2D eigenvalue weighted by Crippen LogP contribution is 2.37. The van der Waals surface area contributed by atoms with Crippen molar-refractivity contribution in [3.05, 3.63) is 71.8 Å². The average Bonchev–Trinajstić information content (AvgIpc) is 3.54. The zero-order chi connectivity index (χ0) is 26.6. The maximum Gasteiger partial charge on any atom is 0.246 e. The fraction of sp³-hybridized carbons (Fsp3) is 0.296. The molecule has 0 bridgehead atoms. The third kappa shape index (κ3) is 5.46. The molecule has 4 aromatic rings. The summed E-state index contributed by atoms with van der Waals surface area (Å²) in [6, 6.07) is 11.1. The number of carbonyl (C=O) groups excluding carboxylic acids is 1. The first-order chi connectivity index (χ1) is 18.4. The number of carbonyl (C=O) groups is 1. The second-order valence-electron chi connectivity index (χ2n) is 9.40. The molecule has 1 aromatic carbocycles. The van der Waals surface area contributed by atoms with Gasteiger partial charge in [-0.15, -0.1) is 0 Å². The third-order valence-electron chi connectivity index (χ3n) is 6.38. The highest BCUT2D eigenvalue weighted by Gasteiger charge is 2.30. The van der Waals surface area contributed by atoms with Gasteiger partial charge in [0.2, 0.25) is 5.91 Å². The number of fused-ring (bicyclic) bond motifs is 1. The first-order valence-electron chi connectivity index (χ1n) is 12.3. The number of amides is 1. The number of pyridine rings is 1. The van der Waals surface area contributed by atoms with Crippen LogP contribution in [0.5, 0.6) is 5.75 Å². The van der Waals surface area contributed by atoms with Gasteiger partial charge in [-0.2, -0.15) is 5.10 Å². The van der Waals surface area contributed by atoms with Crippen LogP contribution in [0.25, 0.3) is 22.3 Å². The summed E-state index contributed by atoms with van der Waals surface area (Å²) < 4.78 is 7.73. The van der Waals surface area contributed by atoms with Crippen LogP contribution in [-0.4, -0.2) is 74.2 Å². The van der Waals surface area contributed by atoms with Crippen LogP contribution in [0.4, 0.5) is 5.82 Å². The van der Waals surface area contributed by atoms with E-state index in [1.807, 2.05) is 65.0 Å². The van der Waals surface area contributed by atoms with Crippen LogP contribution in [0.1, 0.15) is 18.2 Å². The van der Waals surface area contributed by atoms with Gasteiger partial charge in [0, 0.05) is 37.5 Å². The number of aromatic nitrogens is 5. The van der Waals surface area contributed by atoms with Gasteiger partial charge in [0.25, 0.3) is 0 Å². The van der Waals surface area contributed by atoms with Crippen LogP contribution in [0, 0.1) is 0 Å². The quantitative estimate of drug-likeness (QED) is 0.342. The molecule has 10 nitrogen and oxygen atoms in total. The van der Waals surface area contributed by atoms with Crippen molar-refractivity contribution in [3.63, 3.8) is 0 Å². The third-order valence-corrected chi connectivity index (χ3v) is 6.67. The van der Waals surface area contributed by atoms with E-state index in [0.717, 1.165) is 17.7 Å². The summed E-state index contributed by atoms with van der Waals surface area (Å²) in [4.78, 5) is 29.5. The molecule has 196 valence electrons. The topological polar surface area (TPSA) is 115 Å². The van der Waals surface area contributed by atoms with Crippen molar-refractivity contribution >= 4 is 34.4 Å². The molecule has 2 N–H and O–H groups in total. The lowest BCUT2D eigenvalue weighted by Gasteiger charge is -2.15. The lowest BCUT2D eigenvalue weighted by Crippen LogP contribution is -2.28. The van der Waals surface area contributed by atoms with Crippen LogP contribution >= 0.6 is 11.6 Å². The average molecular weight is 533 g/mol. The summed E-state index contributed by atoms with van der Waals surface area (Å²) in [5.74, 6) is 0.870. The Morgan fingerprint density at radius 3 is 2.87 bits per heavy atom. The zero-order valence-electron chi connectivity index (χ0n) is 21.3. The van der Waals surface area contributed by atoms with Crippen molar-refractivity contribution in [2.45, 2.75) is 19.1 Å². The minimum atomic E-state index is -0.0387. The Kier molecular flexibility index (Phi) is 7.52. The van der Waals surface area contributed by atoms with E-state index in [4.69, 9.17) is 27.2 Å². The normalized spacial score (nSPS) is 15.7. The van der Waals surface area contributed by atoms with Crippen molar-refractivity contribution in [3.8, 4) is 17.0 Å². The van der Waals surface area contributed by atoms with E-state index in [2.05, 4.69) is 15.0 Å². The summed E-state index contributed by atoms with van der Waals surface area (Å²) in [7, 11) is 3.93. The van der Waals surface area contributed by atoms with E-state index < -0.39 is 0 Å². The highest BCUT2D eigenvalue weighted by atomic mass is 35.5. The number of ether oxygens (including phenoxy) is 1. The Hall–Kier alpha value is -4.02. The molecule has 1 aliphatic heterocycles. The van der Waals surface area contributed by atoms with Crippen molar-refractivity contribution in [1.82, 2.24) is 34.5 Å². The summed E-state index contributed by atoms with van der Waals surface area (Å²) in [6.45, 7) is 2.19. The smallest absolute Gasteiger partial charge is 0.246 e. The number of nitrogen functional groups attached to an aromatic ring is 1. The number of rotatable bonds is 8. The Bertz CT molecular complexity index is 1470.